The predicted octanol–water partition coefficient (Wildman–Crippen LogP) is 4.95. The Labute approximate surface area is 177 Å². The van der Waals surface area contributed by atoms with E-state index in [0.717, 1.165) is 5.52 Å². The lowest BCUT2D eigenvalue weighted by Gasteiger charge is -2.15. The molecule has 0 saturated carbocycles. The van der Waals surface area contributed by atoms with Crippen LogP contribution in [0, 0.1) is 5.82 Å². The Bertz CT molecular complexity index is 1240. The van der Waals surface area contributed by atoms with Gasteiger partial charge in [0, 0.05) is 23.3 Å². The van der Waals surface area contributed by atoms with Crippen molar-refractivity contribution < 1.29 is 19.0 Å². The first-order valence-electron chi connectivity index (χ1n) is 9.17. The molecule has 0 fully saturated rings. The fourth-order valence-electron chi connectivity index (χ4n) is 3.35. The third kappa shape index (κ3) is 3.36. The molecule has 0 saturated heterocycles. The van der Waals surface area contributed by atoms with Crippen LogP contribution in [0.3, 0.4) is 0 Å². The Hall–Kier alpha value is -3.16. The number of halogens is 2. The van der Waals surface area contributed by atoms with E-state index in [-0.39, 0.29) is 10.6 Å². The van der Waals surface area contributed by atoms with Gasteiger partial charge >= 0.3 is 0 Å². The molecule has 1 atom stereocenters. The number of hydrogen-bond acceptors (Lipinski definition) is 5. The number of pyridine rings is 1. The quantitative estimate of drug-likeness (QED) is 0.488. The highest BCUT2D eigenvalue weighted by Gasteiger charge is 2.19. The molecule has 6 nitrogen and oxygen atoms in total. The third-order valence-corrected chi connectivity index (χ3v) is 5.16. The van der Waals surface area contributed by atoms with Gasteiger partial charge in [0.25, 0.3) is 0 Å². The van der Waals surface area contributed by atoms with Crippen LogP contribution in [0.4, 0.5) is 4.39 Å². The minimum atomic E-state index is -0.844. The van der Waals surface area contributed by atoms with Crippen LogP contribution in [-0.4, -0.2) is 33.9 Å². The van der Waals surface area contributed by atoms with Crippen molar-refractivity contribution in [3.8, 4) is 28.6 Å². The fraction of sp³-hybridized carbons (Fsp3) is 0.182. The molecule has 0 amide bonds. The average molecular weight is 428 g/mol. The van der Waals surface area contributed by atoms with Crippen LogP contribution in [0.5, 0.6) is 11.5 Å². The molecule has 154 valence electrons. The molecule has 1 unspecified atom stereocenters. The van der Waals surface area contributed by atoms with Crippen LogP contribution in [0.1, 0.15) is 18.6 Å². The number of ether oxygens (including phenoxy) is 2. The zero-order valence-electron chi connectivity index (χ0n) is 16.6. The lowest BCUT2D eigenvalue weighted by atomic mass is 10.0. The fourth-order valence-corrected chi connectivity index (χ4v) is 3.53. The van der Waals surface area contributed by atoms with Gasteiger partial charge in [0.05, 0.1) is 42.1 Å². The summed E-state index contributed by atoms with van der Waals surface area (Å²) in [6.07, 6.45) is 0.773. The summed E-state index contributed by atoms with van der Waals surface area (Å²) in [5.41, 5.74) is 2.43. The number of aromatic nitrogens is 3. The number of methoxy groups -OCH3 is 2. The molecule has 0 spiro atoms. The summed E-state index contributed by atoms with van der Waals surface area (Å²) in [6.45, 7) is 1.60. The van der Waals surface area contributed by atoms with E-state index in [4.69, 9.17) is 21.1 Å². The molecule has 2 aromatic carbocycles. The van der Waals surface area contributed by atoms with E-state index in [9.17, 15) is 9.50 Å². The summed E-state index contributed by atoms with van der Waals surface area (Å²) >= 11 is 5.97. The molecule has 4 rings (SSSR count). The minimum Gasteiger partial charge on any atom is -0.493 e. The number of benzene rings is 2. The van der Waals surface area contributed by atoms with E-state index in [1.54, 1.807) is 68.4 Å². The number of fused-ring (bicyclic) bond motifs is 1. The highest BCUT2D eigenvalue weighted by molar-refractivity contribution is 6.31. The molecular weight excluding hydrogens is 409 g/mol. The maximum Gasteiger partial charge on any atom is 0.163 e. The van der Waals surface area contributed by atoms with Gasteiger partial charge in [-0.1, -0.05) is 23.7 Å². The summed E-state index contributed by atoms with van der Waals surface area (Å²) in [6, 6.07) is 11.7. The third-order valence-electron chi connectivity index (χ3n) is 4.87. The number of hydrogen-bond donors (Lipinski definition) is 1. The molecule has 8 heteroatoms. The second-order valence-electron chi connectivity index (χ2n) is 6.70. The van der Waals surface area contributed by atoms with Crippen molar-refractivity contribution in [1.29, 1.82) is 0 Å². The van der Waals surface area contributed by atoms with E-state index in [0.29, 0.717) is 34.1 Å². The zero-order valence-corrected chi connectivity index (χ0v) is 17.3. The van der Waals surface area contributed by atoms with Gasteiger partial charge in [-0.05, 0) is 25.1 Å². The second kappa shape index (κ2) is 7.93. The smallest absolute Gasteiger partial charge is 0.163 e. The SMILES string of the molecule is COc1cc2ncn(-c3ccc(C(C)O)c(-c4cccc(Cl)c4F)n3)c2cc1OC. The first-order chi connectivity index (χ1) is 14.4. The zero-order chi connectivity index (χ0) is 21.4. The molecule has 30 heavy (non-hydrogen) atoms. The van der Waals surface area contributed by atoms with Crippen LogP contribution in [0.25, 0.3) is 28.1 Å². The first-order valence-corrected chi connectivity index (χ1v) is 9.55. The van der Waals surface area contributed by atoms with E-state index in [1.807, 2.05) is 0 Å². The Balaban J connectivity index is 1.94. The van der Waals surface area contributed by atoms with E-state index >= 15 is 0 Å². The second-order valence-corrected chi connectivity index (χ2v) is 7.10. The lowest BCUT2D eigenvalue weighted by Crippen LogP contribution is -2.04. The van der Waals surface area contributed by atoms with Crippen LogP contribution in [0.2, 0.25) is 5.02 Å². The minimum absolute atomic E-state index is 0.0128. The molecule has 2 heterocycles. The number of aliphatic hydroxyl groups is 1. The van der Waals surface area contributed by atoms with Gasteiger partial charge in [-0.3, -0.25) is 4.57 Å². The molecule has 4 aromatic rings. The van der Waals surface area contributed by atoms with Crippen molar-refractivity contribution in [3.05, 3.63) is 65.2 Å². The number of rotatable bonds is 5. The van der Waals surface area contributed by atoms with Gasteiger partial charge in [-0.25, -0.2) is 14.4 Å². The van der Waals surface area contributed by atoms with Crippen LogP contribution < -0.4 is 9.47 Å². The van der Waals surface area contributed by atoms with Gasteiger partial charge in [-0.2, -0.15) is 0 Å². The number of aliphatic hydroxyl groups excluding tert-OH is 1. The van der Waals surface area contributed by atoms with Gasteiger partial charge in [0.15, 0.2) is 17.3 Å². The highest BCUT2D eigenvalue weighted by atomic mass is 35.5. The Morgan fingerprint density at radius 1 is 1.10 bits per heavy atom. The van der Waals surface area contributed by atoms with Crippen molar-refractivity contribution in [2.45, 2.75) is 13.0 Å². The topological polar surface area (TPSA) is 69.4 Å². The van der Waals surface area contributed by atoms with Gasteiger partial charge in [0.1, 0.15) is 12.1 Å². The summed E-state index contributed by atoms with van der Waals surface area (Å²) in [5.74, 6) is 1.03. The largest absolute Gasteiger partial charge is 0.493 e. The van der Waals surface area contributed by atoms with Gasteiger partial charge < -0.3 is 14.6 Å². The summed E-state index contributed by atoms with van der Waals surface area (Å²) in [7, 11) is 3.11. The molecule has 0 aliphatic rings. The number of nitrogens with zero attached hydrogens (tertiary/aromatic N) is 3. The number of imidazole rings is 1. The summed E-state index contributed by atoms with van der Waals surface area (Å²) in [4.78, 5) is 9.06. The Morgan fingerprint density at radius 2 is 1.83 bits per heavy atom. The molecule has 0 aliphatic heterocycles. The van der Waals surface area contributed by atoms with Crippen molar-refractivity contribution in [2.24, 2.45) is 0 Å². The van der Waals surface area contributed by atoms with Gasteiger partial charge in [0.2, 0.25) is 0 Å². The predicted molar refractivity (Wildman–Crippen MR) is 113 cm³/mol. The Kier molecular flexibility index (Phi) is 5.32. The molecule has 1 N–H and O–H groups in total. The van der Waals surface area contributed by atoms with Crippen molar-refractivity contribution >= 4 is 22.6 Å². The molecule has 0 bridgehead atoms. The van der Waals surface area contributed by atoms with E-state index in [2.05, 4.69) is 9.97 Å². The maximum atomic E-state index is 14.7. The molecule has 2 aromatic heterocycles. The van der Waals surface area contributed by atoms with Crippen molar-refractivity contribution in [2.75, 3.05) is 14.2 Å². The first kappa shape index (κ1) is 20.1. The average Bonchev–Trinajstić information content (AvgIpc) is 3.16. The van der Waals surface area contributed by atoms with E-state index in [1.165, 1.54) is 6.07 Å². The monoisotopic (exact) mass is 427 g/mol. The molecule has 0 aliphatic carbocycles. The molecule has 0 radical (unpaired) electrons. The lowest BCUT2D eigenvalue weighted by molar-refractivity contribution is 0.199. The standard InChI is InChI=1S/C22H19ClFN3O3/c1-12(28)13-7-8-20(26-22(13)14-5-4-6-15(23)21(14)24)27-11-25-16-9-18(29-2)19(30-3)10-17(16)27/h4-12,28H,1-3H3. The van der Waals surface area contributed by atoms with Crippen molar-refractivity contribution in [3.63, 3.8) is 0 Å². The molecular formula is C22H19ClFN3O3. The Morgan fingerprint density at radius 3 is 2.53 bits per heavy atom. The van der Waals surface area contributed by atoms with Gasteiger partial charge in [-0.15, -0.1) is 0 Å². The normalized spacial score (nSPS) is 12.2. The van der Waals surface area contributed by atoms with Crippen LogP contribution in [-0.2, 0) is 0 Å². The summed E-state index contributed by atoms with van der Waals surface area (Å²) < 4.78 is 27.2. The maximum absolute atomic E-state index is 14.7. The van der Waals surface area contributed by atoms with E-state index < -0.39 is 11.9 Å². The van der Waals surface area contributed by atoms with Crippen LogP contribution in [0.15, 0.2) is 48.8 Å². The van der Waals surface area contributed by atoms with Crippen LogP contribution >= 0.6 is 11.6 Å². The highest BCUT2D eigenvalue weighted by Crippen LogP contribution is 2.35. The van der Waals surface area contributed by atoms with Crippen molar-refractivity contribution in [1.82, 2.24) is 14.5 Å². The summed E-state index contributed by atoms with van der Waals surface area (Å²) in [5, 5.41) is 10.2.